The topological polar surface area (TPSA) is 16.4 Å². The Balaban J connectivity index is 1.19. The second kappa shape index (κ2) is 12.5. The van der Waals surface area contributed by atoms with Crippen molar-refractivity contribution >= 4 is 33.1 Å². The van der Waals surface area contributed by atoms with E-state index in [9.17, 15) is 0 Å². The Labute approximate surface area is 303 Å². The molecule has 1 heterocycles. The van der Waals surface area contributed by atoms with E-state index in [1.54, 1.807) is 0 Å². The summed E-state index contributed by atoms with van der Waals surface area (Å²) in [5, 5.41) is 3.58. The molecule has 2 nitrogen and oxygen atoms in total. The summed E-state index contributed by atoms with van der Waals surface area (Å²) >= 11 is 0. The van der Waals surface area contributed by atoms with Crippen LogP contribution in [0.1, 0.15) is 17.2 Å². The van der Waals surface area contributed by atoms with Gasteiger partial charge in [-0.15, -0.1) is 0 Å². The zero-order valence-corrected chi connectivity index (χ0v) is 28.5. The average molecular weight is 664 g/mol. The van der Waals surface area contributed by atoms with Crippen LogP contribution in [0.3, 0.4) is 0 Å². The van der Waals surface area contributed by atoms with Crippen LogP contribution in [0.2, 0.25) is 0 Å². The minimum absolute atomic E-state index is 0.0773. The number of rotatable bonds is 6. The molecule has 1 unspecified atom stereocenters. The molecule has 0 spiro atoms. The van der Waals surface area contributed by atoms with Crippen LogP contribution in [0.4, 0.5) is 11.4 Å². The third-order valence-corrected chi connectivity index (χ3v) is 10.5. The highest BCUT2D eigenvalue weighted by molar-refractivity contribution is 6.04. The second-order valence-corrected chi connectivity index (χ2v) is 13.4. The molecule has 0 saturated heterocycles. The van der Waals surface area contributed by atoms with Crippen molar-refractivity contribution in [3.05, 3.63) is 205 Å². The van der Waals surface area contributed by atoms with Gasteiger partial charge in [-0.05, 0) is 75.2 Å². The van der Waals surface area contributed by atoms with Crippen molar-refractivity contribution < 1.29 is 4.42 Å². The summed E-state index contributed by atoms with van der Waals surface area (Å²) in [6, 6.07) is 71.7. The number of anilines is 2. The highest BCUT2D eigenvalue weighted by Gasteiger charge is 2.35. The number of hydrogen-bond donors (Lipinski definition) is 0. The molecule has 10 rings (SSSR count). The Morgan fingerprint density at radius 3 is 2.00 bits per heavy atom. The lowest BCUT2D eigenvalue weighted by Gasteiger charge is -2.37. The third kappa shape index (κ3) is 4.98. The molecule has 0 saturated carbocycles. The quantitative estimate of drug-likeness (QED) is 0.176. The fourth-order valence-electron chi connectivity index (χ4n) is 8.17. The molecule has 52 heavy (non-hydrogen) atoms. The lowest BCUT2D eigenvalue weighted by atomic mass is 9.83. The lowest BCUT2D eigenvalue weighted by molar-refractivity contribution is 0.603. The predicted molar refractivity (Wildman–Crippen MR) is 215 cm³/mol. The lowest BCUT2D eigenvalue weighted by Crippen LogP contribution is -2.28. The molecule has 1 aliphatic rings. The minimum atomic E-state index is -0.0773. The molecule has 9 aromatic rings. The number of fused-ring (bicyclic) bond motifs is 6. The molecular formula is C50H33NO. The molecule has 0 fully saturated rings. The minimum Gasteiger partial charge on any atom is -0.456 e. The van der Waals surface area contributed by atoms with Gasteiger partial charge in [-0.3, -0.25) is 0 Å². The monoisotopic (exact) mass is 663 g/mol. The van der Waals surface area contributed by atoms with Crippen molar-refractivity contribution in [3.8, 4) is 44.7 Å². The first-order valence-electron chi connectivity index (χ1n) is 17.9. The first-order valence-corrected chi connectivity index (χ1v) is 17.9. The van der Waals surface area contributed by atoms with Crippen molar-refractivity contribution in [3.63, 3.8) is 0 Å². The summed E-state index contributed by atoms with van der Waals surface area (Å²) in [6.45, 7) is 0. The zero-order valence-electron chi connectivity index (χ0n) is 28.5. The van der Waals surface area contributed by atoms with Crippen molar-refractivity contribution in [2.75, 3.05) is 4.90 Å². The van der Waals surface area contributed by atoms with E-state index in [-0.39, 0.29) is 6.04 Å². The van der Waals surface area contributed by atoms with Gasteiger partial charge in [-0.25, -0.2) is 0 Å². The number of nitrogens with zero attached hydrogens (tertiary/aromatic N) is 1. The summed E-state index contributed by atoms with van der Waals surface area (Å²) in [4.78, 5) is 2.52. The van der Waals surface area contributed by atoms with E-state index in [0.29, 0.717) is 0 Å². The van der Waals surface area contributed by atoms with Crippen LogP contribution < -0.4 is 4.90 Å². The van der Waals surface area contributed by atoms with E-state index < -0.39 is 0 Å². The summed E-state index contributed by atoms with van der Waals surface area (Å²) in [7, 11) is 0. The van der Waals surface area contributed by atoms with E-state index in [1.807, 2.05) is 6.07 Å². The summed E-state index contributed by atoms with van der Waals surface area (Å²) in [6.07, 6.45) is 0.734. The SMILES string of the molecule is c1ccc2c(c#1)C(N(c1ccc(-c3ccccc3)cc1)c1cccc3ccccc13)Cc1c-2oc2cccc(-c3ccccc3-c3ccccc3)c12. The van der Waals surface area contributed by atoms with E-state index in [2.05, 4.69) is 193 Å². The van der Waals surface area contributed by atoms with Gasteiger partial charge >= 0.3 is 0 Å². The molecular weight excluding hydrogens is 631 g/mol. The largest absolute Gasteiger partial charge is 0.456 e. The molecule has 1 aromatic heterocycles. The Bertz CT molecular complexity index is 2700. The van der Waals surface area contributed by atoms with E-state index in [0.717, 1.165) is 40.3 Å². The van der Waals surface area contributed by atoms with Gasteiger partial charge in [0.1, 0.15) is 11.3 Å². The zero-order chi connectivity index (χ0) is 34.4. The van der Waals surface area contributed by atoms with E-state index >= 15 is 0 Å². The van der Waals surface area contributed by atoms with Gasteiger partial charge in [0, 0.05) is 45.3 Å². The molecule has 0 amide bonds. The molecule has 0 bridgehead atoms. The number of benzene rings is 7. The van der Waals surface area contributed by atoms with Crippen molar-refractivity contribution in [2.24, 2.45) is 0 Å². The van der Waals surface area contributed by atoms with Gasteiger partial charge in [0.05, 0.1) is 6.04 Å². The van der Waals surface area contributed by atoms with Crippen molar-refractivity contribution in [1.29, 1.82) is 0 Å². The standard InChI is InChI=1S/C50H33NO/c1-3-15-34(16-4-1)35-29-31-38(32-30-35)51(46-27-13-20-37-19-7-8-22-40(37)46)47-33-45-49-43(41-23-10-9-21-39(41)36-17-5-2-6-18-36)26-14-28-48(49)52-50(45)44-25-12-11-24-42(44)47/h1-10,12-23,25-32,47H,33H2. The maximum Gasteiger partial charge on any atom is 0.139 e. The fraction of sp³-hybridized carbons (Fsp3) is 0.0400. The molecule has 0 radical (unpaired) electrons. The highest BCUT2D eigenvalue weighted by atomic mass is 16.3. The van der Waals surface area contributed by atoms with E-state index in [1.165, 1.54) is 55.1 Å². The fourth-order valence-corrected chi connectivity index (χ4v) is 8.17. The van der Waals surface area contributed by atoms with Gasteiger partial charge in [-0.1, -0.05) is 158 Å². The molecule has 0 aliphatic heterocycles. The highest BCUT2D eigenvalue weighted by Crippen LogP contribution is 2.51. The van der Waals surface area contributed by atoms with E-state index in [4.69, 9.17) is 4.42 Å². The first-order chi connectivity index (χ1) is 25.8. The Kier molecular flexibility index (Phi) is 7.22. The normalized spacial score (nSPS) is 13.3. The van der Waals surface area contributed by atoms with Gasteiger partial charge in [0.15, 0.2) is 0 Å². The van der Waals surface area contributed by atoms with Crippen molar-refractivity contribution in [2.45, 2.75) is 12.5 Å². The maximum atomic E-state index is 6.85. The Hall–Kier alpha value is -6.82. The van der Waals surface area contributed by atoms with Crippen LogP contribution >= 0.6 is 0 Å². The van der Waals surface area contributed by atoms with Gasteiger partial charge < -0.3 is 9.32 Å². The van der Waals surface area contributed by atoms with Gasteiger partial charge in [0.25, 0.3) is 0 Å². The Morgan fingerprint density at radius 2 is 1.17 bits per heavy atom. The molecule has 0 N–H and O–H groups in total. The smallest absolute Gasteiger partial charge is 0.139 e. The third-order valence-electron chi connectivity index (χ3n) is 10.5. The van der Waals surface area contributed by atoms with Crippen LogP contribution in [0.15, 0.2) is 186 Å². The van der Waals surface area contributed by atoms with Crippen molar-refractivity contribution in [1.82, 2.24) is 0 Å². The molecule has 1 aliphatic carbocycles. The number of furan rings is 1. The Morgan fingerprint density at radius 1 is 0.519 bits per heavy atom. The molecule has 2 heteroatoms. The molecule has 1 atom stereocenters. The summed E-state index contributed by atoms with van der Waals surface area (Å²) in [5.41, 5.74) is 13.7. The molecule has 8 aromatic carbocycles. The maximum absolute atomic E-state index is 6.85. The summed E-state index contributed by atoms with van der Waals surface area (Å²) in [5.74, 6) is 0.924. The second-order valence-electron chi connectivity index (χ2n) is 13.4. The van der Waals surface area contributed by atoms with Crippen LogP contribution in [0, 0.1) is 12.1 Å². The molecule has 244 valence electrons. The predicted octanol–water partition coefficient (Wildman–Crippen LogP) is 13.3. The van der Waals surface area contributed by atoms with Gasteiger partial charge in [-0.2, -0.15) is 0 Å². The summed E-state index contributed by atoms with van der Waals surface area (Å²) < 4.78 is 6.85. The number of hydrogen-bond acceptors (Lipinski definition) is 2. The first kappa shape index (κ1) is 30.0. The van der Waals surface area contributed by atoms with Crippen LogP contribution in [0.5, 0.6) is 0 Å². The van der Waals surface area contributed by atoms with Crippen LogP contribution in [-0.2, 0) is 6.42 Å². The average Bonchev–Trinajstić information content (AvgIpc) is 3.61. The van der Waals surface area contributed by atoms with Gasteiger partial charge in [0.2, 0.25) is 0 Å². The van der Waals surface area contributed by atoms with Crippen LogP contribution in [-0.4, -0.2) is 0 Å². The van der Waals surface area contributed by atoms with Crippen LogP contribution in [0.25, 0.3) is 66.4 Å².